The summed E-state index contributed by atoms with van der Waals surface area (Å²) in [6.07, 6.45) is -1.94. The van der Waals surface area contributed by atoms with Gasteiger partial charge in [-0.05, 0) is 37.3 Å². The van der Waals surface area contributed by atoms with Crippen LogP contribution in [-0.2, 0) is 10.9 Å². The number of halogens is 4. The lowest BCUT2D eigenvalue weighted by molar-refractivity contribution is -0.137. The van der Waals surface area contributed by atoms with Crippen LogP contribution in [0.3, 0.4) is 0 Å². The van der Waals surface area contributed by atoms with E-state index in [9.17, 15) is 22.8 Å². The lowest BCUT2D eigenvalue weighted by Crippen LogP contribution is -2.43. The number of nitrogens with one attached hydrogen (secondary N) is 2. The topological polar surface area (TPSA) is 114 Å². The van der Waals surface area contributed by atoms with Crippen LogP contribution in [0.5, 0.6) is 0 Å². The zero-order valence-corrected chi connectivity index (χ0v) is 19.7. The number of carbonyl (C=O) groups excluding carboxylic acids is 2. The number of pyridine rings is 1. The molecule has 1 aliphatic heterocycles. The molecule has 190 valence electrons. The molecule has 0 radical (unpaired) electrons. The summed E-state index contributed by atoms with van der Waals surface area (Å²) in [5.74, 6) is -0.117. The minimum Gasteiger partial charge on any atom is -0.378 e. The number of ether oxygens (including phenoxy) is 1. The standard InChI is InChI=1S/C22H21ClF3N7O3/c1-13(30-20(34)14-8-15(22(24,25)26)10-16(23)9-14)19-28-12-29-33(19)18-3-2-17(11-27-18)31-21(35)32-4-6-36-7-5-32/h2-3,8-13H,4-7H2,1H3,(H,30,34)(H,31,35). The molecule has 2 aromatic heterocycles. The summed E-state index contributed by atoms with van der Waals surface area (Å²) >= 11 is 5.78. The maximum absolute atomic E-state index is 13.1. The van der Waals surface area contributed by atoms with Crippen molar-refractivity contribution in [3.05, 3.63) is 64.8 Å². The van der Waals surface area contributed by atoms with Gasteiger partial charge in [0.25, 0.3) is 5.91 Å². The molecule has 3 heterocycles. The third-order valence-corrected chi connectivity index (χ3v) is 5.53. The van der Waals surface area contributed by atoms with Crippen molar-refractivity contribution >= 4 is 29.2 Å². The normalized spacial score (nSPS) is 14.9. The van der Waals surface area contributed by atoms with Crippen LogP contribution >= 0.6 is 11.6 Å². The van der Waals surface area contributed by atoms with Gasteiger partial charge in [-0.15, -0.1) is 0 Å². The van der Waals surface area contributed by atoms with Crippen LogP contribution in [-0.4, -0.2) is 62.9 Å². The van der Waals surface area contributed by atoms with Crippen LogP contribution in [0.1, 0.15) is 34.7 Å². The number of hydrogen-bond acceptors (Lipinski definition) is 6. The van der Waals surface area contributed by atoms with Gasteiger partial charge in [-0.1, -0.05) is 11.6 Å². The Labute approximate surface area is 208 Å². The molecule has 14 heteroatoms. The first-order valence-electron chi connectivity index (χ1n) is 10.8. The fourth-order valence-electron chi connectivity index (χ4n) is 3.51. The maximum Gasteiger partial charge on any atom is 0.416 e. The van der Waals surface area contributed by atoms with Crippen molar-refractivity contribution in [2.75, 3.05) is 31.6 Å². The summed E-state index contributed by atoms with van der Waals surface area (Å²) in [6.45, 7) is 3.56. The monoisotopic (exact) mass is 523 g/mol. The summed E-state index contributed by atoms with van der Waals surface area (Å²) in [5, 5.41) is 9.27. The van der Waals surface area contributed by atoms with Crippen molar-refractivity contribution in [3.63, 3.8) is 0 Å². The smallest absolute Gasteiger partial charge is 0.378 e. The predicted molar refractivity (Wildman–Crippen MR) is 123 cm³/mol. The molecule has 1 aliphatic rings. The Morgan fingerprint density at radius 3 is 2.56 bits per heavy atom. The van der Waals surface area contributed by atoms with Crippen LogP contribution in [0.15, 0.2) is 42.9 Å². The van der Waals surface area contributed by atoms with Gasteiger partial charge in [-0.2, -0.15) is 23.0 Å². The molecule has 3 amide bonds. The highest BCUT2D eigenvalue weighted by atomic mass is 35.5. The average molecular weight is 524 g/mol. The molecule has 36 heavy (non-hydrogen) atoms. The number of anilines is 1. The zero-order chi connectivity index (χ0) is 25.9. The van der Waals surface area contributed by atoms with E-state index in [1.54, 1.807) is 24.0 Å². The Kier molecular flexibility index (Phi) is 7.40. The van der Waals surface area contributed by atoms with E-state index < -0.39 is 23.7 Å². The molecule has 1 fully saturated rings. The largest absolute Gasteiger partial charge is 0.416 e. The predicted octanol–water partition coefficient (Wildman–Crippen LogP) is 3.69. The van der Waals surface area contributed by atoms with Crippen molar-refractivity contribution in [2.24, 2.45) is 0 Å². The van der Waals surface area contributed by atoms with Crippen LogP contribution in [0, 0.1) is 0 Å². The fourth-order valence-corrected chi connectivity index (χ4v) is 3.74. The number of morpholine rings is 1. The molecule has 2 N–H and O–H groups in total. The van der Waals surface area contributed by atoms with E-state index in [4.69, 9.17) is 16.3 Å². The molecule has 1 atom stereocenters. The van der Waals surface area contributed by atoms with Gasteiger partial charge in [-0.25, -0.2) is 14.8 Å². The van der Waals surface area contributed by atoms with E-state index >= 15 is 0 Å². The highest BCUT2D eigenvalue weighted by Crippen LogP contribution is 2.32. The number of rotatable bonds is 5. The lowest BCUT2D eigenvalue weighted by Gasteiger charge is -2.26. The Bertz CT molecular complexity index is 1240. The second-order valence-electron chi connectivity index (χ2n) is 7.89. The van der Waals surface area contributed by atoms with E-state index in [0.29, 0.717) is 43.6 Å². The van der Waals surface area contributed by atoms with E-state index in [1.165, 1.54) is 17.2 Å². The molecule has 10 nitrogen and oxygen atoms in total. The number of nitrogens with zero attached hydrogens (tertiary/aromatic N) is 5. The molecule has 4 rings (SSSR count). The molecule has 0 aliphatic carbocycles. The summed E-state index contributed by atoms with van der Waals surface area (Å²) in [4.78, 5) is 35.1. The van der Waals surface area contributed by atoms with Crippen molar-refractivity contribution in [3.8, 4) is 5.82 Å². The molecule has 1 aromatic carbocycles. The Hall–Kier alpha value is -3.71. The number of hydrogen-bond donors (Lipinski definition) is 2. The number of carbonyl (C=O) groups is 2. The van der Waals surface area contributed by atoms with Gasteiger partial charge >= 0.3 is 12.2 Å². The van der Waals surface area contributed by atoms with Crippen LogP contribution in [0.2, 0.25) is 5.02 Å². The van der Waals surface area contributed by atoms with Crippen LogP contribution in [0.4, 0.5) is 23.7 Å². The van der Waals surface area contributed by atoms with Gasteiger partial charge < -0.3 is 20.3 Å². The first kappa shape index (κ1) is 25.4. The number of aromatic nitrogens is 4. The van der Waals surface area contributed by atoms with Gasteiger partial charge in [0.05, 0.1) is 36.7 Å². The van der Waals surface area contributed by atoms with E-state index in [0.717, 1.165) is 18.2 Å². The summed E-state index contributed by atoms with van der Waals surface area (Å²) in [6, 6.07) is 4.86. The molecule has 0 saturated carbocycles. The highest BCUT2D eigenvalue weighted by molar-refractivity contribution is 6.31. The van der Waals surface area contributed by atoms with E-state index in [2.05, 4.69) is 25.7 Å². The molecule has 0 spiro atoms. The number of alkyl halides is 3. The van der Waals surface area contributed by atoms with Crippen molar-refractivity contribution in [2.45, 2.75) is 19.1 Å². The second kappa shape index (κ2) is 10.5. The molecule has 1 unspecified atom stereocenters. The van der Waals surface area contributed by atoms with Crippen LogP contribution in [0.25, 0.3) is 5.82 Å². The SMILES string of the molecule is CC(NC(=O)c1cc(Cl)cc(C(F)(F)F)c1)c1ncnn1-c1ccc(NC(=O)N2CCOCC2)cn1. The van der Waals surface area contributed by atoms with Gasteiger partial charge in [0.2, 0.25) is 0 Å². The molecular formula is C22H21ClF3N7O3. The Balaban J connectivity index is 1.45. The number of amides is 3. The van der Waals surface area contributed by atoms with Crippen molar-refractivity contribution in [1.82, 2.24) is 30.0 Å². The molecule has 3 aromatic rings. The first-order chi connectivity index (χ1) is 17.1. The molecular weight excluding hydrogens is 503 g/mol. The second-order valence-corrected chi connectivity index (χ2v) is 8.32. The van der Waals surface area contributed by atoms with Crippen LogP contribution < -0.4 is 10.6 Å². The average Bonchev–Trinajstić information content (AvgIpc) is 3.34. The minimum absolute atomic E-state index is 0.212. The lowest BCUT2D eigenvalue weighted by atomic mass is 10.1. The van der Waals surface area contributed by atoms with E-state index in [-0.39, 0.29) is 16.6 Å². The van der Waals surface area contributed by atoms with Gasteiger partial charge in [0.15, 0.2) is 11.6 Å². The maximum atomic E-state index is 13.1. The van der Waals surface area contributed by atoms with Gasteiger partial charge in [0, 0.05) is 23.7 Å². The Morgan fingerprint density at radius 2 is 1.89 bits per heavy atom. The fraction of sp³-hybridized carbons (Fsp3) is 0.318. The number of benzene rings is 1. The zero-order valence-electron chi connectivity index (χ0n) is 18.9. The summed E-state index contributed by atoms with van der Waals surface area (Å²) in [5.41, 5.74) is -0.799. The van der Waals surface area contributed by atoms with Gasteiger partial charge in [0.1, 0.15) is 6.33 Å². The minimum atomic E-state index is -4.65. The number of urea groups is 1. The third kappa shape index (κ3) is 5.91. The Morgan fingerprint density at radius 1 is 1.14 bits per heavy atom. The van der Waals surface area contributed by atoms with Gasteiger partial charge in [-0.3, -0.25) is 4.79 Å². The van der Waals surface area contributed by atoms with E-state index in [1.807, 2.05) is 0 Å². The summed E-state index contributed by atoms with van der Waals surface area (Å²) in [7, 11) is 0. The van der Waals surface area contributed by atoms with Crippen molar-refractivity contribution < 1.29 is 27.5 Å². The van der Waals surface area contributed by atoms with Crippen molar-refractivity contribution in [1.29, 1.82) is 0 Å². The third-order valence-electron chi connectivity index (χ3n) is 5.31. The summed E-state index contributed by atoms with van der Waals surface area (Å²) < 4.78 is 45.9. The molecule has 1 saturated heterocycles. The molecule has 0 bridgehead atoms. The quantitative estimate of drug-likeness (QED) is 0.527. The highest BCUT2D eigenvalue weighted by Gasteiger charge is 2.32. The first-order valence-corrected chi connectivity index (χ1v) is 11.2.